The van der Waals surface area contributed by atoms with Gasteiger partial charge in [-0.15, -0.1) is 0 Å². The number of hydrogen-bond acceptors (Lipinski definition) is 7. The number of anilines is 1. The van der Waals surface area contributed by atoms with Gasteiger partial charge in [0.15, 0.2) is 0 Å². The van der Waals surface area contributed by atoms with Crippen LogP contribution in [0.15, 0.2) is 47.3 Å². The zero-order chi connectivity index (χ0) is 30.5. The summed E-state index contributed by atoms with van der Waals surface area (Å²) in [4.78, 5) is 34.5. The first-order valence-corrected chi connectivity index (χ1v) is 14.5. The van der Waals surface area contributed by atoms with Gasteiger partial charge < -0.3 is 24.0 Å². The molecule has 0 unspecified atom stereocenters. The number of carbonyl (C=O) groups is 1. The highest BCUT2D eigenvalue weighted by atomic mass is 19.1. The van der Waals surface area contributed by atoms with Crippen LogP contribution in [0.25, 0.3) is 22.3 Å². The van der Waals surface area contributed by atoms with E-state index in [1.54, 1.807) is 39.8 Å². The van der Waals surface area contributed by atoms with E-state index in [0.29, 0.717) is 49.6 Å². The van der Waals surface area contributed by atoms with Gasteiger partial charge in [0.1, 0.15) is 17.1 Å². The molecule has 1 aromatic carbocycles. The molecular formula is C32H43FN4O5. The van der Waals surface area contributed by atoms with Crippen LogP contribution in [-0.2, 0) is 20.8 Å². The number of pyridine rings is 2. The quantitative estimate of drug-likeness (QED) is 0.412. The Morgan fingerprint density at radius 1 is 0.929 bits per heavy atom. The smallest absolute Gasteiger partial charge is 0.410 e. The van der Waals surface area contributed by atoms with Crippen LogP contribution >= 0.6 is 0 Å². The Kier molecular flexibility index (Phi) is 9.89. The van der Waals surface area contributed by atoms with Gasteiger partial charge in [0.05, 0.1) is 37.8 Å². The average molecular weight is 583 g/mol. The maximum atomic E-state index is 14.5. The van der Waals surface area contributed by atoms with E-state index in [0.717, 1.165) is 37.5 Å². The summed E-state index contributed by atoms with van der Waals surface area (Å²) < 4.78 is 31.6. The van der Waals surface area contributed by atoms with Crippen LogP contribution in [0.5, 0.6) is 0 Å². The maximum Gasteiger partial charge on any atom is 0.410 e. The van der Waals surface area contributed by atoms with Gasteiger partial charge in [0, 0.05) is 49.7 Å². The minimum absolute atomic E-state index is 0.153. The van der Waals surface area contributed by atoms with E-state index in [1.165, 1.54) is 6.07 Å². The summed E-state index contributed by atoms with van der Waals surface area (Å²) in [6.45, 7) is 17.4. The Balaban J connectivity index is 0.000000600. The second-order valence-corrected chi connectivity index (χ2v) is 12.7. The first-order chi connectivity index (χ1) is 19.8. The molecule has 3 aromatic rings. The molecule has 10 heteroatoms. The van der Waals surface area contributed by atoms with Crippen LogP contribution in [0.4, 0.5) is 14.9 Å². The molecule has 5 rings (SSSR count). The zero-order valence-corrected chi connectivity index (χ0v) is 25.6. The number of nitrogens with zero attached hydrogens (tertiary/aromatic N) is 4. The molecule has 1 amide bonds. The van der Waals surface area contributed by atoms with Gasteiger partial charge >= 0.3 is 6.09 Å². The molecule has 0 atom stereocenters. The number of amides is 1. The van der Waals surface area contributed by atoms with E-state index in [1.807, 2.05) is 26.8 Å². The molecule has 2 saturated heterocycles. The maximum absolute atomic E-state index is 14.5. The molecule has 2 aliphatic rings. The number of piperazine rings is 1. The molecule has 2 aliphatic heterocycles. The molecule has 0 N–H and O–H groups in total. The lowest BCUT2D eigenvalue weighted by Crippen LogP contribution is -2.50. The molecule has 4 heterocycles. The monoisotopic (exact) mass is 582 g/mol. The number of hydrogen-bond donors (Lipinski definition) is 0. The average Bonchev–Trinajstić information content (AvgIpc) is 2.94. The fourth-order valence-corrected chi connectivity index (χ4v) is 4.84. The van der Waals surface area contributed by atoms with Gasteiger partial charge in [-0.25, -0.2) is 14.2 Å². The van der Waals surface area contributed by atoms with E-state index in [-0.39, 0.29) is 22.9 Å². The van der Waals surface area contributed by atoms with E-state index >= 15 is 0 Å². The normalized spacial score (nSPS) is 16.2. The van der Waals surface area contributed by atoms with Crippen LogP contribution in [0.1, 0.15) is 41.5 Å². The number of rotatable bonds is 3. The highest BCUT2D eigenvalue weighted by Crippen LogP contribution is 2.30. The largest absolute Gasteiger partial charge is 0.444 e. The van der Waals surface area contributed by atoms with Crippen molar-refractivity contribution in [2.24, 2.45) is 5.41 Å². The van der Waals surface area contributed by atoms with Crippen LogP contribution in [0.2, 0.25) is 0 Å². The summed E-state index contributed by atoms with van der Waals surface area (Å²) >= 11 is 0. The number of benzene rings is 1. The number of ether oxygens (including phenoxy) is 3. The summed E-state index contributed by atoms with van der Waals surface area (Å²) in [6.07, 6.45) is -0.330. The first-order valence-electron chi connectivity index (χ1n) is 14.5. The Labute approximate surface area is 247 Å². The van der Waals surface area contributed by atoms with E-state index < -0.39 is 5.60 Å². The molecule has 0 spiro atoms. The lowest BCUT2D eigenvalue weighted by molar-refractivity contribution is -0.0334. The Morgan fingerprint density at radius 3 is 2.10 bits per heavy atom. The van der Waals surface area contributed by atoms with Crippen molar-refractivity contribution in [3.05, 3.63) is 58.6 Å². The Morgan fingerprint density at radius 2 is 1.55 bits per heavy atom. The van der Waals surface area contributed by atoms with Gasteiger partial charge in [-0.3, -0.25) is 9.36 Å². The van der Waals surface area contributed by atoms with Crippen molar-refractivity contribution in [1.29, 1.82) is 0 Å². The first kappa shape index (κ1) is 31.4. The summed E-state index contributed by atoms with van der Waals surface area (Å²) in [5.41, 5.74) is 1.32. The lowest BCUT2D eigenvalue weighted by atomic mass is 9.96. The highest BCUT2D eigenvalue weighted by Gasteiger charge is 2.28. The van der Waals surface area contributed by atoms with Crippen molar-refractivity contribution in [3.8, 4) is 11.3 Å². The lowest BCUT2D eigenvalue weighted by Gasteiger charge is -2.37. The fourth-order valence-electron chi connectivity index (χ4n) is 4.84. The van der Waals surface area contributed by atoms with E-state index in [9.17, 15) is 14.0 Å². The summed E-state index contributed by atoms with van der Waals surface area (Å²) in [5.74, 6) is -0.358. The number of halogens is 1. The van der Waals surface area contributed by atoms with Gasteiger partial charge in [-0.2, -0.15) is 0 Å². The molecule has 228 valence electrons. The number of aromatic nitrogens is 2. The molecule has 2 aromatic heterocycles. The van der Waals surface area contributed by atoms with E-state index in [4.69, 9.17) is 19.2 Å². The van der Waals surface area contributed by atoms with E-state index in [2.05, 4.69) is 25.7 Å². The van der Waals surface area contributed by atoms with Crippen LogP contribution < -0.4 is 10.5 Å². The fraction of sp³-hybridized carbons (Fsp3) is 0.531. The van der Waals surface area contributed by atoms with Gasteiger partial charge in [0.2, 0.25) is 0 Å². The zero-order valence-electron chi connectivity index (χ0n) is 25.6. The molecule has 42 heavy (non-hydrogen) atoms. The third-order valence-electron chi connectivity index (χ3n) is 6.73. The van der Waals surface area contributed by atoms with Crippen molar-refractivity contribution in [1.82, 2.24) is 14.5 Å². The summed E-state index contributed by atoms with van der Waals surface area (Å²) in [6, 6.07) is 11.9. The third-order valence-corrected chi connectivity index (χ3v) is 6.73. The Bertz CT molecular complexity index is 1420. The van der Waals surface area contributed by atoms with Crippen LogP contribution in [-0.4, -0.2) is 78.8 Å². The van der Waals surface area contributed by atoms with Crippen molar-refractivity contribution in [2.45, 2.75) is 53.7 Å². The van der Waals surface area contributed by atoms with Gasteiger partial charge in [-0.05, 0) is 50.5 Å². The number of fused-ring (bicyclic) bond motifs is 1. The van der Waals surface area contributed by atoms with Crippen LogP contribution in [0.3, 0.4) is 0 Å². The summed E-state index contributed by atoms with van der Waals surface area (Å²) in [7, 11) is 0. The molecule has 0 bridgehead atoms. The van der Waals surface area contributed by atoms with Gasteiger partial charge in [0.25, 0.3) is 5.56 Å². The predicted molar refractivity (Wildman–Crippen MR) is 163 cm³/mol. The Hall–Kier alpha value is -3.50. The van der Waals surface area contributed by atoms with Crippen molar-refractivity contribution in [3.63, 3.8) is 0 Å². The van der Waals surface area contributed by atoms with Gasteiger partial charge in [-0.1, -0.05) is 32.9 Å². The van der Waals surface area contributed by atoms with Crippen LogP contribution in [0, 0.1) is 11.2 Å². The molecule has 9 nitrogen and oxygen atoms in total. The number of carbonyl (C=O) groups excluding carboxylic acids is 1. The second-order valence-electron chi connectivity index (χ2n) is 12.7. The topological polar surface area (TPSA) is 86.1 Å². The van der Waals surface area contributed by atoms with Crippen molar-refractivity contribution < 1.29 is 23.4 Å². The molecular weight excluding hydrogens is 539 g/mol. The third kappa shape index (κ3) is 8.29. The summed E-state index contributed by atoms with van der Waals surface area (Å²) in [5, 5.41) is 0.824. The minimum atomic E-state index is -0.552. The molecule has 0 radical (unpaired) electrons. The predicted octanol–water partition coefficient (Wildman–Crippen LogP) is 5.34. The van der Waals surface area contributed by atoms with Crippen molar-refractivity contribution >= 4 is 22.8 Å². The standard InChI is InChI=1S/C28H35FN4O3.C4H8O2/c1-27(2,3)18-33-24(34)17-23(31-13-15-32(16-14-31)26(35)36-28(4,5)6)20-11-12-22(30-25(20)33)19-9-7-8-10-21(19)29;1-2-6-4-3-5-1/h7-12,17H,13-16,18H2,1-6H3;1-4H2. The SMILES string of the molecule is C1COCCO1.CC(C)(C)Cn1c(=O)cc(N2CCN(C(=O)OC(C)(C)C)CC2)c2ccc(-c3ccccc3F)nc21. The molecule has 0 aliphatic carbocycles. The minimum Gasteiger partial charge on any atom is -0.444 e. The van der Waals surface area contributed by atoms with Crippen molar-refractivity contribution in [2.75, 3.05) is 57.5 Å². The highest BCUT2D eigenvalue weighted by molar-refractivity contribution is 5.91. The molecule has 2 fully saturated rings. The molecule has 0 saturated carbocycles. The second kappa shape index (κ2) is 13.2.